The van der Waals surface area contributed by atoms with E-state index in [1.54, 1.807) is 0 Å². The van der Waals surface area contributed by atoms with Gasteiger partial charge in [-0.2, -0.15) is 0 Å². The van der Waals surface area contributed by atoms with Crippen molar-refractivity contribution >= 4 is 5.97 Å². The van der Waals surface area contributed by atoms with Crippen molar-refractivity contribution in [2.45, 2.75) is 46.5 Å². The Kier molecular flexibility index (Phi) is 8.30. The maximum absolute atomic E-state index is 11.5. The summed E-state index contributed by atoms with van der Waals surface area (Å²) < 4.78 is 5.00. The molecule has 0 heterocycles. The summed E-state index contributed by atoms with van der Waals surface area (Å²) in [5, 5.41) is 0. The molecule has 0 aromatic heterocycles. The molecule has 0 aliphatic heterocycles. The highest BCUT2D eigenvalue weighted by molar-refractivity contribution is 5.74. The van der Waals surface area contributed by atoms with E-state index in [-0.39, 0.29) is 11.9 Å². The first kappa shape index (κ1) is 13.2. The fourth-order valence-electron chi connectivity index (χ4n) is 1.39. The van der Waals surface area contributed by atoms with Gasteiger partial charge in [-0.3, -0.25) is 4.79 Å². The molecule has 2 heteroatoms. The first-order valence-electron chi connectivity index (χ1n) is 5.55. The van der Waals surface area contributed by atoms with Crippen molar-refractivity contribution in [3.05, 3.63) is 12.2 Å². The molecule has 0 radical (unpaired) electrons. The summed E-state index contributed by atoms with van der Waals surface area (Å²) >= 11 is 0. The largest absolute Gasteiger partial charge is 0.466 e. The first-order chi connectivity index (χ1) is 6.76. The van der Waals surface area contributed by atoms with Crippen LogP contribution >= 0.6 is 0 Å². The minimum Gasteiger partial charge on any atom is -0.466 e. The zero-order valence-corrected chi connectivity index (χ0v) is 9.58. The van der Waals surface area contributed by atoms with Crippen LogP contribution in [0.15, 0.2) is 12.2 Å². The summed E-state index contributed by atoms with van der Waals surface area (Å²) in [6, 6.07) is 0. The molecule has 0 fully saturated rings. The van der Waals surface area contributed by atoms with Crippen molar-refractivity contribution in [2.24, 2.45) is 5.92 Å². The van der Waals surface area contributed by atoms with Gasteiger partial charge < -0.3 is 4.74 Å². The smallest absolute Gasteiger partial charge is 0.312 e. The SMILES string of the molecule is CC=CC(CCCCC)C(=O)OCC. The third-order valence-electron chi connectivity index (χ3n) is 2.13. The lowest BCUT2D eigenvalue weighted by molar-refractivity contribution is -0.146. The highest BCUT2D eigenvalue weighted by atomic mass is 16.5. The van der Waals surface area contributed by atoms with Gasteiger partial charge in [0.25, 0.3) is 0 Å². The van der Waals surface area contributed by atoms with E-state index in [1.807, 2.05) is 26.0 Å². The molecule has 0 aromatic rings. The van der Waals surface area contributed by atoms with Crippen LogP contribution in [-0.4, -0.2) is 12.6 Å². The van der Waals surface area contributed by atoms with Gasteiger partial charge in [-0.25, -0.2) is 0 Å². The van der Waals surface area contributed by atoms with Crippen LogP contribution in [0.5, 0.6) is 0 Å². The van der Waals surface area contributed by atoms with E-state index in [0.717, 1.165) is 12.8 Å². The standard InChI is InChI=1S/C12H22O2/c1-4-7-8-10-11(9-5-2)12(13)14-6-3/h5,9,11H,4,6-8,10H2,1-3H3. The average Bonchev–Trinajstić information content (AvgIpc) is 2.17. The molecule has 1 unspecified atom stereocenters. The third-order valence-corrected chi connectivity index (χ3v) is 2.13. The van der Waals surface area contributed by atoms with Gasteiger partial charge in [0.05, 0.1) is 12.5 Å². The molecule has 0 aromatic carbocycles. The number of carbonyl (C=O) groups excluding carboxylic acids is 1. The molecule has 0 aliphatic rings. The first-order valence-corrected chi connectivity index (χ1v) is 5.55. The Morgan fingerprint density at radius 2 is 2.07 bits per heavy atom. The van der Waals surface area contributed by atoms with Crippen LogP contribution in [0, 0.1) is 5.92 Å². The van der Waals surface area contributed by atoms with Gasteiger partial charge >= 0.3 is 5.97 Å². The van der Waals surface area contributed by atoms with E-state index >= 15 is 0 Å². The normalized spacial score (nSPS) is 13.1. The molecule has 0 N–H and O–H groups in total. The second-order valence-corrected chi connectivity index (χ2v) is 3.38. The Labute approximate surface area is 87.3 Å². The monoisotopic (exact) mass is 198 g/mol. The Bertz CT molecular complexity index is 173. The van der Waals surface area contributed by atoms with Gasteiger partial charge in [-0.1, -0.05) is 38.3 Å². The molecular weight excluding hydrogens is 176 g/mol. The van der Waals surface area contributed by atoms with Crippen LogP contribution in [0.25, 0.3) is 0 Å². The summed E-state index contributed by atoms with van der Waals surface area (Å²) in [4.78, 5) is 11.5. The molecule has 0 spiro atoms. The van der Waals surface area contributed by atoms with Crippen LogP contribution in [0.3, 0.4) is 0 Å². The van der Waals surface area contributed by atoms with E-state index in [0.29, 0.717) is 6.61 Å². The molecule has 0 amide bonds. The highest BCUT2D eigenvalue weighted by Gasteiger charge is 2.15. The number of hydrogen-bond donors (Lipinski definition) is 0. The molecule has 0 saturated heterocycles. The molecule has 0 rings (SSSR count). The van der Waals surface area contributed by atoms with E-state index < -0.39 is 0 Å². The number of hydrogen-bond acceptors (Lipinski definition) is 2. The lowest BCUT2D eigenvalue weighted by atomic mass is 10.0. The van der Waals surface area contributed by atoms with Gasteiger partial charge in [0.2, 0.25) is 0 Å². The minimum atomic E-state index is -0.0818. The van der Waals surface area contributed by atoms with Crippen molar-refractivity contribution in [1.29, 1.82) is 0 Å². The Hall–Kier alpha value is -0.790. The molecular formula is C12H22O2. The lowest BCUT2D eigenvalue weighted by Crippen LogP contribution is -2.15. The molecule has 0 saturated carbocycles. The predicted octanol–water partition coefficient (Wildman–Crippen LogP) is 3.32. The Morgan fingerprint density at radius 1 is 1.36 bits per heavy atom. The number of ether oxygens (including phenoxy) is 1. The summed E-state index contributed by atoms with van der Waals surface area (Å²) in [6.07, 6.45) is 8.25. The van der Waals surface area contributed by atoms with E-state index in [4.69, 9.17) is 4.74 Å². The highest BCUT2D eigenvalue weighted by Crippen LogP contribution is 2.13. The molecule has 14 heavy (non-hydrogen) atoms. The van der Waals surface area contributed by atoms with E-state index in [2.05, 4.69) is 6.92 Å². The van der Waals surface area contributed by atoms with Crippen molar-refractivity contribution in [3.63, 3.8) is 0 Å². The molecule has 1 atom stereocenters. The number of unbranched alkanes of at least 4 members (excludes halogenated alkanes) is 2. The van der Waals surface area contributed by atoms with Gasteiger partial charge in [0, 0.05) is 0 Å². The van der Waals surface area contributed by atoms with Crippen molar-refractivity contribution in [2.75, 3.05) is 6.61 Å². The fraction of sp³-hybridized carbons (Fsp3) is 0.750. The Morgan fingerprint density at radius 3 is 2.57 bits per heavy atom. The number of rotatable bonds is 7. The second-order valence-electron chi connectivity index (χ2n) is 3.38. The van der Waals surface area contributed by atoms with Gasteiger partial charge in [-0.15, -0.1) is 0 Å². The van der Waals surface area contributed by atoms with Crippen LogP contribution in [0.1, 0.15) is 46.5 Å². The van der Waals surface area contributed by atoms with Crippen LogP contribution in [0.2, 0.25) is 0 Å². The van der Waals surface area contributed by atoms with E-state index in [1.165, 1.54) is 12.8 Å². The average molecular weight is 198 g/mol. The van der Waals surface area contributed by atoms with Crippen molar-refractivity contribution < 1.29 is 9.53 Å². The lowest BCUT2D eigenvalue weighted by Gasteiger charge is -2.10. The zero-order chi connectivity index (χ0) is 10.8. The molecule has 0 bridgehead atoms. The third kappa shape index (κ3) is 5.79. The summed E-state index contributed by atoms with van der Waals surface area (Å²) in [5.74, 6) is -0.117. The quantitative estimate of drug-likeness (QED) is 0.356. The topological polar surface area (TPSA) is 26.3 Å². The number of allylic oxidation sites excluding steroid dienone is 1. The van der Waals surface area contributed by atoms with Gasteiger partial charge in [0.15, 0.2) is 0 Å². The van der Waals surface area contributed by atoms with Gasteiger partial charge in [-0.05, 0) is 20.3 Å². The number of carbonyl (C=O) groups is 1. The minimum absolute atomic E-state index is 0.0356. The second kappa shape index (κ2) is 8.79. The zero-order valence-electron chi connectivity index (χ0n) is 9.58. The maximum Gasteiger partial charge on any atom is 0.312 e. The Balaban J connectivity index is 3.94. The fourth-order valence-corrected chi connectivity index (χ4v) is 1.39. The molecule has 2 nitrogen and oxygen atoms in total. The van der Waals surface area contributed by atoms with Crippen LogP contribution in [-0.2, 0) is 9.53 Å². The predicted molar refractivity (Wildman–Crippen MR) is 59.1 cm³/mol. The van der Waals surface area contributed by atoms with Gasteiger partial charge in [0.1, 0.15) is 0 Å². The summed E-state index contributed by atoms with van der Waals surface area (Å²) in [5.41, 5.74) is 0. The summed E-state index contributed by atoms with van der Waals surface area (Å²) in [7, 11) is 0. The molecule has 82 valence electrons. The van der Waals surface area contributed by atoms with Crippen LogP contribution < -0.4 is 0 Å². The number of esters is 1. The summed E-state index contributed by atoms with van der Waals surface area (Å²) in [6.45, 7) is 6.42. The van der Waals surface area contributed by atoms with Crippen LogP contribution in [0.4, 0.5) is 0 Å². The van der Waals surface area contributed by atoms with Crippen molar-refractivity contribution in [1.82, 2.24) is 0 Å². The van der Waals surface area contributed by atoms with Crippen molar-refractivity contribution in [3.8, 4) is 0 Å². The molecule has 0 aliphatic carbocycles. The van der Waals surface area contributed by atoms with E-state index in [9.17, 15) is 4.79 Å². The maximum atomic E-state index is 11.5.